The molecule has 0 spiro atoms. The van der Waals surface area contributed by atoms with Gasteiger partial charge in [-0.1, -0.05) is 11.6 Å². The Morgan fingerprint density at radius 3 is 2.27 bits per heavy atom. The summed E-state index contributed by atoms with van der Waals surface area (Å²) in [7, 11) is 0. The summed E-state index contributed by atoms with van der Waals surface area (Å²) in [5, 5.41) is -0.323. The molecule has 15 heavy (non-hydrogen) atoms. The fraction of sp³-hybridized carbons (Fsp3) is 0.250. The quantitative estimate of drug-likeness (QED) is 0.618. The van der Waals surface area contributed by atoms with Crippen molar-refractivity contribution in [2.75, 3.05) is 12.0 Å². The van der Waals surface area contributed by atoms with Crippen LogP contribution in [0.4, 0.5) is 18.9 Å². The SMILES string of the molecule is CSc1cc(Cl)c(C(F)(F)F)cc1N.Cl. The topological polar surface area (TPSA) is 26.0 Å². The molecule has 0 fully saturated rings. The van der Waals surface area contributed by atoms with Gasteiger partial charge in [-0.2, -0.15) is 13.2 Å². The lowest BCUT2D eigenvalue weighted by atomic mass is 10.2. The highest BCUT2D eigenvalue weighted by Crippen LogP contribution is 2.38. The molecule has 1 aromatic carbocycles. The third-order valence-corrected chi connectivity index (χ3v) is 2.73. The van der Waals surface area contributed by atoms with Crippen LogP contribution in [0.25, 0.3) is 0 Å². The van der Waals surface area contributed by atoms with Crippen LogP contribution in [0.15, 0.2) is 17.0 Å². The number of nitrogens with two attached hydrogens (primary N) is 1. The van der Waals surface area contributed by atoms with E-state index in [0.29, 0.717) is 4.90 Å². The van der Waals surface area contributed by atoms with Crippen LogP contribution >= 0.6 is 35.8 Å². The molecule has 0 aromatic heterocycles. The van der Waals surface area contributed by atoms with Crippen LogP contribution in [0.1, 0.15) is 5.56 Å². The van der Waals surface area contributed by atoms with Crippen LogP contribution in [-0.4, -0.2) is 6.26 Å². The number of anilines is 1. The summed E-state index contributed by atoms with van der Waals surface area (Å²) in [5.41, 5.74) is 4.62. The molecule has 0 aliphatic rings. The molecule has 1 rings (SSSR count). The van der Waals surface area contributed by atoms with Gasteiger partial charge in [-0.3, -0.25) is 0 Å². The molecule has 0 saturated heterocycles. The summed E-state index contributed by atoms with van der Waals surface area (Å²) in [6.45, 7) is 0. The summed E-state index contributed by atoms with van der Waals surface area (Å²) in [6.07, 6.45) is -2.74. The Kier molecular flexibility index (Phi) is 5.09. The van der Waals surface area contributed by atoms with Crippen molar-refractivity contribution in [1.82, 2.24) is 0 Å². The Hall–Kier alpha value is -0.260. The predicted octanol–water partition coefficient (Wildman–Crippen LogP) is 4.08. The molecule has 86 valence electrons. The van der Waals surface area contributed by atoms with E-state index >= 15 is 0 Å². The van der Waals surface area contributed by atoms with Gasteiger partial charge in [0.2, 0.25) is 0 Å². The van der Waals surface area contributed by atoms with Gasteiger partial charge in [0.1, 0.15) is 0 Å². The smallest absolute Gasteiger partial charge is 0.398 e. The highest BCUT2D eigenvalue weighted by atomic mass is 35.5. The van der Waals surface area contributed by atoms with Crippen molar-refractivity contribution in [2.24, 2.45) is 0 Å². The Bertz CT molecular complexity index is 354. The van der Waals surface area contributed by atoms with Gasteiger partial charge in [-0.25, -0.2) is 0 Å². The van der Waals surface area contributed by atoms with Gasteiger partial charge in [-0.15, -0.1) is 24.2 Å². The van der Waals surface area contributed by atoms with Crippen molar-refractivity contribution in [3.05, 3.63) is 22.7 Å². The first-order valence-electron chi connectivity index (χ1n) is 3.56. The monoisotopic (exact) mass is 277 g/mol. The molecule has 0 unspecified atom stereocenters. The summed E-state index contributed by atoms with van der Waals surface area (Å²) in [6, 6.07) is 2.08. The lowest BCUT2D eigenvalue weighted by molar-refractivity contribution is -0.137. The maximum atomic E-state index is 12.3. The molecule has 1 nitrogen and oxygen atoms in total. The number of thioether (sulfide) groups is 1. The first kappa shape index (κ1) is 14.7. The average Bonchev–Trinajstić information content (AvgIpc) is 2.06. The number of rotatable bonds is 1. The van der Waals surface area contributed by atoms with Gasteiger partial charge < -0.3 is 5.73 Å². The van der Waals surface area contributed by atoms with Crippen molar-refractivity contribution < 1.29 is 13.2 Å². The molecule has 0 radical (unpaired) electrons. The number of alkyl halides is 3. The molecule has 0 aliphatic carbocycles. The lowest BCUT2D eigenvalue weighted by Crippen LogP contribution is -2.07. The van der Waals surface area contributed by atoms with Crippen LogP contribution in [-0.2, 0) is 6.18 Å². The van der Waals surface area contributed by atoms with E-state index < -0.39 is 11.7 Å². The second-order valence-corrected chi connectivity index (χ2v) is 3.83. The minimum absolute atomic E-state index is 0. The summed E-state index contributed by atoms with van der Waals surface area (Å²) >= 11 is 6.73. The van der Waals surface area contributed by atoms with Gasteiger partial charge in [0.05, 0.1) is 10.6 Å². The standard InChI is InChI=1S/C8H7ClF3NS.ClH/c1-14-7-3-5(9)4(2-6(7)13)8(10,11)12;/h2-3H,13H2,1H3;1H. The van der Waals surface area contributed by atoms with Gasteiger partial charge in [0.25, 0.3) is 0 Å². The third-order valence-electron chi connectivity index (χ3n) is 1.62. The molecule has 0 aliphatic heterocycles. The summed E-state index contributed by atoms with van der Waals surface area (Å²) in [4.78, 5) is 0.544. The van der Waals surface area contributed by atoms with E-state index in [1.165, 1.54) is 17.8 Å². The molecule has 0 bridgehead atoms. The average molecular weight is 278 g/mol. The Balaban J connectivity index is 0.00000196. The highest BCUT2D eigenvalue weighted by molar-refractivity contribution is 7.98. The van der Waals surface area contributed by atoms with Crippen LogP contribution < -0.4 is 5.73 Å². The second kappa shape index (κ2) is 5.18. The molecular formula is C8H8Cl2F3NS. The maximum absolute atomic E-state index is 12.3. The fourth-order valence-corrected chi connectivity index (χ4v) is 1.83. The number of halogens is 5. The molecule has 1 aromatic rings. The Morgan fingerprint density at radius 2 is 1.87 bits per heavy atom. The zero-order valence-corrected chi connectivity index (χ0v) is 9.95. The van der Waals surface area contributed by atoms with E-state index in [2.05, 4.69) is 0 Å². The van der Waals surface area contributed by atoms with E-state index in [4.69, 9.17) is 17.3 Å². The largest absolute Gasteiger partial charge is 0.417 e. The van der Waals surface area contributed by atoms with Crippen LogP contribution in [0.3, 0.4) is 0 Å². The molecule has 0 heterocycles. The predicted molar refractivity (Wildman–Crippen MR) is 59.9 cm³/mol. The van der Waals surface area contributed by atoms with Crippen LogP contribution in [0.2, 0.25) is 5.02 Å². The van der Waals surface area contributed by atoms with Gasteiger partial charge in [0, 0.05) is 10.6 Å². The highest BCUT2D eigenvalue weighted by Gasteiger charge is 2.33. The lowest BCUT2D eigenvalue weighted by Gasteiger charge is -2.11. The molecule has 0 amide bonds. The molecule has 7 heteroatoms. The van der Waals surface area contributed by atoms with E-state index in [1.807, 2.05) is 0 Å². The van der Waals surface area contributed by atoms with E-state index in [0.717, 1.165) is 6.07 Å². The number of hydrogen-bond donors (Lipinski definition) is 1. The summed E-state index contributed by atoms with van der Waals surface area (Å²) in [5.74, 6) is 0. The number of nitrogen functional groups attached to an aromatic ring is 1. The number of benzene rings is 1. The van der Waals surface area contributed by atoms with E-state index in [-0.39, 0.29) is 23.1 Å². The van der Waals surface area contributed by atoms with Crippen molar-refractivity contribution >= 4 is 41.5 Å². The zero-order valence-electron chi connectivity index (χ0n) is 7.56. The Morgan fingerprint density at radius 1 is 1.33 bits per heavy atom. The van der Waals surface area contributed by atoms with E-state index in [1.54, 1.807) is 6.26 Å². The molecular weight excluding hydrogens is 270 g/mol. The van der Waals surface area contributed by atoms with Crippen molar-refractivity contribution in [3.8, 4) is 0 Å². The van der Waals surface area contributed by atoms with Crippen LogP contribution in [0.5, 0.6) is 0 Å². The van der Waals surface area contributed by atoms with Crippen molar-refractivity contribution in [3.63, 3.8) is 0 Å². The first-order valence-corrected chi connectivity index (χ1v) is 5.16. The first-order chi connectivity index (χ1) is 6.36. The number of hydrogen-bond acceptors (Lipinski definition) is 2. The van der Waals surface area contributed by atoms with Crippen molar-refractivity contribution in [2.45, 2.75) is 11.1 Å². The maximum Gasteiger partial charge on any atom is 0.417 e. The fourth-order valence-electron chi connectivity index (χ4n) is 0.966. The molecule has 0 atom stereocenters. The van der Waals surface area contributed by atoms with Gasteiger partial charge in [0.15, 0.2) is 0 Å². The minimum Gasteiger partial charge on any atom is -0.398 e. The second-order valence-electron chi connectivity index (χ2n) is 2.57. The van der Waals surface area contributed by atoms with Crippen molar-refractivity contribution in [1.29, 1.82) is 0 Å². The van der Waals surface area contributed by atoms with Gasteiger partial charge >= 0.3 is 6.18 Å². The van der Waals surface area contributed by atoms with Crippen LogP contribution in [0, 0.1) is 0 Å². The normalized spacial score (nSPS) is 11.0. The third kappa shape index (κ3) is 3.36. The zero-order chi connectivity index (χ0) is 10.9. The molecule has 0 saturated carbocycles. The van der Waals surface area contributed by atoms with E-state index in [9.17, 15) is 13.2 Å². The van der Waals surface area contributed by atoms with Gasteiger partial charge in [-0.05, 0) is 18.4 Å². The summed E-state index contributed by atoms with van der Waals surface area (Å²) < 4.78 is 37.0. The Labute approximate surface area is 101 Å². The minimum atomic E-state index is -4.46. The molecule has 2 N–H and O–H groups in total.